The molecule has 0 aliphatic carbocycles. The van der Waals surface area contributed by atoms with Crippen LogP contribution in [0.25, 0.3) is 0 Å². The fourth-order valence-electron chi connectivity index (χ4n) is 1.51. The molecule has 5 nitrogen and oxygen atoms in total. The minimum absolute atomic E-state index is 0.0861. The highest BCUT2D eigenvalue weighted by molar-refractivity contribution is 5.79. The Labute approximate surface area is 83.8 Å². The maximum atomic E-state index is 10.9. The van der Waals surface area contributed by atoms with Crippen molar-refractivity contribution in [3.63, 3.8) is 0 Å². The van der Waals surface area contributed by atoms with Crippen LogP contribution in [0.3, 0.4) is 0 Å². The number of amides is 1. The van der Waals surface area contributed by atoms with Crippen LogP contribution in [-0.2, 0) is 9.53 Å². The van der Waals surface area contributed by atoms with E-state index in [4.69, 9.17) is 10.5 Å². The van der Waals surface area contributed by atoms with E-state index in [-0.39, 0.29) is 24.0 Å². The maximum absolute atomic E-state index is 10.9. The Balaban J connectivity index is 2.46. The summed E-state index contributed by atoms with van der Waals surface area (Å²) >= 11 is 0. The number of nitrogens with zero attached hydrogens (tertiary/aromatic N) is 1. The molecule has 0 aromatic carbocycles. The molecule has 1 saturated heterocycles. The van der Waals surface area contributed by atoms with Crippen LogP contribution in [0.4, 0.5) is 0 Å². The van der Waals surface area contributed by atoms with Crippen molar-refractivity contribution in [1.29, 1.82) is 0 Å². The average Bonchev–Trinajstić information content (AvgIpc) is 2.09. The van der Waals surface area contributed by atoms with E-state index in [9.17, 15) is 9.90 Å². The molecule has 1 aliphatic heterocycles. The number of carbonyl (C=O) groups is 1. The summed E-state index contributed by atoms with van der Waals surface area (Å²) in [4.78, 5) is 12.8. The highest BCUT2D eigenvalue weighted by atomic mass is 16.5. The Morgan fingerprint density at radius 1 is 1.71 bits per heavy atom. The third-order valence-electron chi connectivity index (χ3n) is 2.81. The van der Waals surface area contributed by atoms with Gasteiger partial charge in [-0.3, -0.25) is 9.69 Å². The van der Waals surface area contributed by atoms with Crippen molar-refractivity contribution in [2.45, 2.75) is 13.0 Å². The lowest BCUT2D eigenvalue weighted by molar-refractivity contribution is -0.151. The van der Waals surface area contributed by atoms with Gasteiger partial charge in [-0.25, -0.2) is 0 Å². The predicted octanol–water partition coefficient (Wildman–Crippen LogP) is -1.20. The molecule has 0 saturated carbocycles. The van der Waals surface area contributed by atoms with E-state index < -0.39 is 0 Å². The Hall–Kier alpha value is -0.650. The summed E-state index contributed by atoms with van der Waals surface area (Å²) in [6, 6.07) is -0.306. The van der Waals surface area contributed by atoms with Gasteiger partial charge in [0.2, 0.25) is 5.91 Å². The van der Waals surface area contributed by atoms with Gasteiger partial charge in [0.05, 0.1) is 31.3 Å². The molecule has 0 unspecified atom stereocenters. The molecule has 0 aromatic rings. The molecule has 1 heterocycles. The van der Waals surface area contributed by atoms with Crippen molar-refractivity contribution in [2.24, 2.45) is 11.1 Å². The van der Waals surface area contributed by atoms with E-state index in [2.05, 4.69) is 0 Å². The van der Waals surface area contributed by atoms with E-state index in [0.717, 1.165) is 0 Å². The first-order chi connectivity index (χ1) is 6.51. The van der Waals surface area contributed by atoms with Crippen LogP contribution >= 0.6 is 0 Å². The van der Waals surface area contributed by atoms with Crippen molar-refractivity contribution in [3.8, 4) is 0 Å². The number of aliphatic hydroxyl groups excluding tert-OH is 1. The molecule has 82 valence electrons. The Bertz CT molecular complexity index is 211. The Kier molecular flexibility index (Phi) is 3.47. The number of rotatable bonds is 5. The molecular weight excluding hydrogens is 184 g/mol. The SMILES string of the molecule is C[C@H](C(N)=O)N(C)CC1(CO)COC1. The standard InChI is InChI=1S/C9H18N2O3/c1-7(8(10)13)11(2)3-9(4-12)5-14-6-9/h7,12H,3-6H2,1-2H3,(H2,10,13)/t7-/m1/s1. The quantitative estimate of drug-likeness (QED) is 0.587. The molecular formula is C9H18N2O3. The summed E-state index contributed by atoms with van der Waals surface area (Å²) in [6.07, 6.45) is 0. The van der Waals surface area contributed by atoms with Crippen LogP contribution in [-0.4, -0.2) is 55.4 Å². The summed E-state index contributed by atoms with van der Waals surface area (Å²) in [7, 11) is 1.82. The summed E-state index contributed by atoms with van der Waals surface area (Å²) in [6.45, 7) is 3.59. The van der Waals surface area contributed by atoms with Gasteiger partial charge >= 0.3 is 0 Å². The molecule has 1 aliphatic rings. The first kappa shape index (κ1) is 11.4. The monoisotopic (exact) mass is 202 g/mol. The summed E-state index contributed by atoms with van der Waals surface area (Å²) < 4.78 is 5.07. The van der Waals surface area contributed by atoms with Gasteiger partial charge in [0.1, 0.15) is 0 Å². The lowest BCUT2D eigenvalue weighted by atomic mass is 9.86. The van der Waals surface area contributed by atoms with Crippen molar-refractivity contribution < 1.29 is 14.6 Å². The van der Waals surface area contributed by atoms with Crippen molar-refractivity contribution in [2.75, 3.05) is 33.4 Å². The molecule has 5 heteroatoms. The van der Waals surface area contributed by atoms with Crippen molar-refractivity contribution in [1.82, 2.24) is 4.90 Å². The van der Waals surface area contributed by atoms with E-state index in [1.807, 2.05) is 11.9 Å². The fourth-order valence-corrected chi connectivity index (χ4v) is 1.51. The second kappa shape index (κ2) is 4.25. The van der Waals surface area contributed by atoms with Gasteiger partial charge in [-0.15, -0.1) is 0 Å². The van der Waals surface area contributed by atoms with Crippen LogP contribution in [0.2, 0.25) is 0 Å². The minimum atomic E-state index is -0.346. The number of hydrogen-bond acceptors (Lipinski definition) is 4. The lowest BCUT2D eigenvalue weighted by Crippen LogP contribution is -2.55. The summed E-state index contributed by atoms with van der Waals surface area (Å²) in [5.41, 5.74) is 4.99. The third-order valence-corrected chi connectivity index (χ3v) is 2.81. The number of aliphatic hydroxyl groups is 1. The second-order valence-corrected chi connectivity index (χ2v) is 4.14. The highest BCUT2D eigenvalue weighted by Crippen LogP contribution is 2.27. The average molecular weight is 202 g/mol. The molecule has 1 fully saturated rings. The van der Waals surface area contributed by atoms with E-state index in [1.54, 1.807) is 6.92 Å². The van der Waals surface area contributed by atoms with Crippen molar-refractivity contribution in [3.05, 3.63) is 0 Å². The van der Waals surface area contributed by atoms with Gasteiger partial charge in [-0.2, -0.15) is 0 Å². The lowest BCUT2D eigenvalue weighted by Gasteiger charge is -2.43. The first-order valence-corrected chi connectivity index (χ1v) is 4.69. The summed E-state index contributed by atoms with van der Waals surface area (Å²) in [5.74, 6) is -0.346. The van der Waals surface area contributed by atoms with Crippen LogP contribution in [0, 0.1) is 5.41 Å². The number of hydrogen-bond donors (Lipinski definition) is 2. The maximum Gasteiger partial charge on any atom is 0.234 e. The second-order valence-electron chi connectivity index (χ2n) is 4.14. The molecule has 0 spiro atoms. The largest absolute Gasteiger partial charge is 0.396 e. The van der Waals surface area contributed by atoms with E-state index in [1.165, 1.54) is 0 Å². The van der Waals surface area contributed by atoms with Crippen LogP contribution < -0.4 is 5.73 Å². The van der Waals surface area contributed by atoms with Crippen molar-refractivity contribution >= 4 is 5.91 Å². The zero-order valence-electron chi connectivity index (χ0n) is 8.69. The number of primary amides is 1. The molecule has 3 N–H and O–H groups in total. The van der Waals surface area contributed by atoms with E-state index >= 15 is 0 Å². The molecule has 1 rings (SSSR count). The van der Waals surface area contributed by atoms with Gasteiger partial charge in [0, 0.05) is 6.54 Å². The molecule has 0 bridgehead atoms. The molecule has 14 heavy (non-hydrogen) atoms. The van der Waals surface area contributed by atoms with Gasteiger partial charge in [0.15, 0.2) is 0 Å². The van der Waals surface area contributed by atoms with Gasteiger partial charge in [0.25, 0.3) is 0 Å². The minimum Gasteiger partial charge on any atom is -0.396 e. The van der Waals surface area contributed by atoms with Gasteiger partial charge in [-0.1, -0.05) is 0 Å². The van der Waals surface area contributed by atoms with Crippen LogP contribution in [0.5, 0.6) is 0 Å². The normalized spacial score (nSPS) is 21.7. The van der Waals surface area contributed by atoms with Gasteiger partial charge < -0.3 is 15.6 Å². The number of ether oxygens (including phenoxy) is 1. The molecule has 0 radical (unpaired) electrons. The zero-order valence-corrected chi connectivity index (χ0v) is 8.69. The third kappa shape index (κ3) is 2.23. The predicted molar refractivity (Wildman–Crippen MR) is 51.6 cm³/mol. The highest BCUT2D eigenvalue weighted by Gasteiger charge is 2.40. The number of nitrogens with two attached hydrogens (primary N) is 1. The van der Waals surface area contributed by atoms with E-state index in [0.29, 0.717) is 19.8 Å². The summed E-state index contributed by atoms with van der Waals surface area (Å²) in [5, 5.41) is 9.18. The Morgan fingerprint density at radius 2 is 2.29 bits per heavy atom. The smallest absolute Gasteiger partial charge is 0.234 e. The fraction of sp³-hybridized carbons (Fsp3) is 0.889. The first-order valence-electron chi connectivity index (χ1n) is 4.69. The zero-order chi connectivity index (χ0) is 10.8. The molecule has 1 atom stereocenters. The molecule has 1 amide bonds. The van der Waals surface area contributed by atoms with Crippen LogP contribution in [0.15, 0.2) is 0 Å². The van der Waals surface area contributed by atoms with Gasteiger partial charge in [-0.05, 0) is 14.0 Å². The molecule has 0 aromatic heterocycles. The number of likely N-dealkylation sites (N-methyl/N-ethyl adjacent to an activating group) is 1. The Morgan fingerprint density at radius 3 is 2.57 bits per heavy atom. The van der Waals surface area contributed by atoms with Crippen LogP contribution in [0.1, 0.15) is 6.92 Å². The topological polar surface area (TPSA) is 75.8 Å². The number of carbonyl (C=O) groups excluding carboxylic acids is 1.